The number of imidazole rings is 1. The smallest absolute Gasteiger partial charge is 0.145 e. The van der Waals surface area contributed by atoms with Crippen molar-refractivity contribution in [2.24, 2.45) is 0 Å². The van der Waals surface area contributed by atoms with Crippen molar-refractivity contribution in [3.63, 3.8) is 0 Å². The highest BCUT2D eigenvalue weighted by Crippen LogP contribution is 2.44. The lowest BCUT2D eigenvalue weighted by atomic mass is 10.0. The van der Waals surface area contributed by atoms with Gasteiger partial charge in [-0.05, 0) is 48.9 Å². The fourth-order valence-electron chi connectivity index (χ4n) is 4.28. The van der Waals surface area contributed by atoms with Crippen LogP contribution in [-0.4, -0.2) is 30.2 Å². The number of anilines is 2. The van der Waals surface area contributed by atoms with Crippen molar-refractivity contribution in [3.05, 3.63) is 78.4 Å². The van der Waals surface area contributed by atoms with Gasteiger partial charge >= 0.3 is 0 Å². The molecule has 4 nitrogen and oxygen atoms in total. The van der Waals surface area contributed by atoms with Gasteiger partial charge in [-0.15, -0.1) is 0 Å². The van der Waals surface area contributed by atoms with E-state index in [-0.39, 0.29) is 6.17 Å². The molecule has 0 amide bonds. The molecule has 1 aromatic heterocycles. The highest BCUT2D eigenvalue weighted by atomic mass is 15.3. The summed E-state index contributed by atoms with van der Waals surface area (Å²) in [7, 11) is 4.15. The van der Waals surface area contributed by atoms with Crippen molar-refractivity contribution in [1.82, 2.24) is 9.55 Å². The molecule has 0 N–H and O–H groups in total. The molecule has 4 aromatic rings. The lowest BCUT2D eigenvalue weighted by Crippen LogP contribution is -2.37. The molecule has 0 saturated heterocycles. The normalized spacial score (nSPS) is 15.4. The number of hydrogen-bond donors (Lipinski definition) is 0. The monoisotopic (exact) mass is 368 g/mol. The van der Waals surface area contributed by atoms with Gasteiger partial charge < -0.3 is 9.80 Å². The first kappa shape index (κ1) is 16.9. The Bertz CT molecular complexity index is 1140. The van der Waals surface area contributed by atoms with Gasteiger partial charge in [-0.25, -0.2) is 4.98 Å². The fraction of sp³-hybridized carbons (Fsp3) is 0.208. The van der Waals surface area contributed by atoms with Crippen LogP contribution in [0.3, 0.4) is 0 Å². The molecular weight excluding hydrogens is 344 g/mol. The molecular formula is C24H24N4. The van der Waals surface area contributed by atoms with Crippen molar-refractivity contribution in [1.29, 1.82) is 0 Å². The first-order chi connectivity index (χ1) is 13.7. The highest BCUT2D eigenvalue weighted by Gasteiger charge is 2.33. The maximum Gasteiger partial charge on any atom is 0.145 e. The van der Waals surface area contributed by atoms with Crippen LogP contribution in [0.2, 0.25) is 0 Å². The van der Waals surface area contributed by atoms with Gasteiger partial charge in [-0.3, -0.25) is 4.57 Å². The minimum absolute atomic E-state index is 0.0820. The Morgan fingerprint density at radius 2 is 1.61 bits per heavy atom. The molecule has 1 aliphatic heterocycles. The number of hydrogen-bond acceptors (Lipinski definition) is 3. The molecule has 0 bridgehead atoms. The summed E-state index contributed by atoms with van der Waals surface area (Å²) >= 11 is 0. The number of aromatic nitrogens is 2. The van der Waals surface area contributed by atoms with Gasteiger partial charge in [0.05, 0.1) is 11.0 Å². The van der Waals surface area contributed by atoms with Crippen LogP contribution >= 0.6 is 0 Å². The van der Waals surface area contributed by atoms with Gasteiger partial charge in [0, 0.05) is 37.6 Å². The van der Waals surface area contributed by atoms with Gasteiger partial charge in [-0.2, -0.15) is 0 Å². The maximum atomic E-state index is 5.01. The standard InChI is InChI=1S/C24H24N4/c1-4-27-21-11-7-5-9-19(21)23-25-20-10-6-8-12-22(20)28(23)24(27)17-13-15-18(16-14-17)26(2)3/h5-16,24H,4H2,1-3H3/t24-/m0/s1. The van der Waals surface area contributed by atoms with E-state index < -0.39 is 0 Å². The summed E-state index contributed by atoms with van der Waals surface area (Å²) in [6.45, 7) is 3.14. The van der Waals surface area contributed by atoms with Crippen LogP contribution in [0.15, 0.2) is 72.8 Å². The molecule has 0 aliphatic carbocycles. The topological polar surface area (TPSA) is 24.3 Å². The van der Waals surface area contributed by atoms with Crippen molar-refractivity contribution >= 4 is 22.4 Å². The summed E-state index contributed by atoms with van der Waals surface area (Å²) in [5, 5.41) is 0. The zero-order valence-electron chi connectivity index (χ0n) is 16.5. The van der Waals surface area contributed by atoms with E-state index in [0.29, 0.717) is 0 Å². The Morgan fingerprint density at radius 1 is 0.893 bits per heavy atom. The summed E-state index contributed by atoms with van der Waals surface area (Å²) in [6.07, 6.45) is 0.0820. The van der Waals surface area contributed by atoms with Gasteiger partial charge in [0.15, 0.2) is 0 Å². The molecule has 1 atom stereocenters. The average molecular weight is 368 g/mol. The third-order valence-corrected chi connectivity index (χ3v) is 5.64. The van der Waals surface area contributed by atoms with E-state index in [9.17, 15) is 0 Å². The lowest BCUT2D eigenvalue weighted by Gasteiger charge is -2.40. The van der Waals surface area contributed by atoms with Crippen LogP contribution in [0.1, 0.15) is 18.7 Å². The zero-order valence-corrected chi connectivity index (χ0v) is 16.5. The van der Waals surface area contributed by atoms with E-state index in [1.807, 2.05) is 0 Å². The van der Waals surface area contributed by atoms with E-state index in [1.54, 1.807) is 0 Å². The number of benzene rings is 3. The second kappa shape index (κ2) is 6.41. The largest absolute Gasteiger partial charge is 0.378 e. The zero-order chi connectivity index (χ0) is 19.3. The van der Waals surface area contributed by atoms with Crippen molar-refractivity contribution in [2.45, 2.75) is 13.1 Å². The second-order valence-corrected chi connectivity index (χ2v) is 7.46. The third kappa shape index (κ3) is 2.41. The van der Waals surface area contributed by atoms with Crippen LogP contribution < -0.4 is 9.80 Å². The van der Waals surface area contributed by atoms with Gasteiger partial charge in [0.25, 0.3) is 0 Å². The second-order valence-electron chi connectivity index (χ2n) is 7.46. The van der Waals surface area contributed by atoms with Crippen LogP contribution in [-0.2, 0) is 0 Å². The van der Waals surface area contributed by atoms with Gasteiger partial charge in [0.2, 0.25) is 0 Å². The summed E-state index contributed by atoms with van der Waals surface area (Å²) < 4.78 is 2.39. The van der Waals surface area contributed by atoms with E-state index in [2.05, 4.69) is 108 Å². The molecule has 5 rings (SSSR count). The SMILES string of the molecule is CCN1c2ccccc2-c2nc3ccccc3n2[C@H]1c1ccc(N(C)C)cc1. The predicted octanol–water partition coefficient (Wildman–Crippen LogP) is 5.16. The molecule has 140 valence electrons. The van der Waals surface area contributed by atoms with Crippen molar-refractivity contribution in [2.75, 3.05) is 30.4 Å². The van der Waals surface area contributed by atoms with Crippen LogP contribution in [0.4, 0.5) is 11.4 Å². The summed E-state index contributed by atoms with van der Waals surface area (Å²) in [5.74, 6) is 1.04. The molecule has 0 saturated carbocycles. The first-order valence-electron chi connectivity index (χ1n) is 9.79. The van der Waals surface area contributed by atoms with E-state index in [4.69, 9.17) is 4.98 Å². The quantitative estimate of drug-likeness (QED) is 0.499. The Hall–Kier alpha value is -3.27. The Balaban J connectivity index is 1.79. The minimum atomic E-state index is 0.0820. The molecule has 0 radical (unpaired) electrons. The molecule has 28 heavy (non-hydrogen) atoms. The molecule has 0 spiro atoms. The fourth-order valence-corrected chi connectivity index (χ4v) is 4.28. The van der Waals surface area contributed by atoms with E-state index >= 15 is 0 Å². The first-order valence-corrected chi connectivity index (χ1v) is 9.79. The van der Waals surface area contributed by atoms with E-state index in [0.717, 1.165) is 17.9 Å². The number of para-hydroxylation sites is 3. The number of nitrogens with zero attached hydrogens (tertiary/aromatic N) is 4. The van der Waals surface area contributed by atoms with Crippen molar-refractivity contribution < 1.29 is 0 Å². The van der Waals surface area contributed by atoms with Crippen LogP contribution in [0.5, 0.6) is 0 Å². The van der Waals surface area contributed by atoms with Gasteiger partial charge in [0.1, 0.15) is 12.0 Å². The molecule has 2 heterocycles. The molecule has 3 aromatic carbocycles. The minimum Gasteiger partial charge on any atom is -0.378 e. The van der Waals surface area contributed by atoms with Crippen LogP contribution in [0.25, 0.3) is 22.4 Å². The third-order valence-electron chi connectivity index (χ3n) is 5.64. The van der Waals surface area contributed by atoms with Crippen molar-refractivity contribution in [3.8, 4) is 11.4 Å². The molecule has 0 unspecified atom stereocenters. The predicted molar refractivity (Wildman–Crippen MR) is 117 cm³/mol. The summed E-state index contributed by atoms with van der Waals surface area (Å²) in [6, 6.07) is 25.9. The Morgan fingerprint density at radius 3 is 2.36 bits per heavy atom. The Kier molecular flexibility index (Phi) is 3.86. The average Bonchev–Trinajstić information content (AvgIpc) is 3.12. The Labute approximate surface area is 165 Å². The lowest BCUT2D eigenvalue weighted by molar-refractivity contribution is 0.556. The van der Waals surface area contributed by atoms with Gasteiger partial charge in [-0.1, -0.05) is 36.4 Å². The molecule has 1 aliphatic rings. The number of rotatable bonds is 3. The summed E-state index contributed by atoms with van der Waals surface area (Å²) in [4.78, 5) is 9.62. The molecule has 0 fully saturated rings. The van der Waals surface area contributed by atoms with E-state index in [1.165, 1.54) is 28.0 Å². The van der Waals surface area contributed by atoms with Crippen LogP contribution in [0, 0.1) is 0 Å². The highest BCUT2D eigenvalue weighted by molar-refractivity contribution is 5.87. The maximum absolute atomic E-state index is 5.01. The summed E-state index contributed by atoms with van der Waals surface area (Å²) in [5.41, 5.74) is 7.13. The number of fused-ring (bicyclic) bond motifs is 5. The molecule has 4 heteroatoms.